The van der Waals surface area contributed by atoms with Gasteiger partial charge in [-0.1, -0.05) is 36.4 Å². The number of para-hydroxylation sites is 1. The molecule has 0 atom stereocenters. The van der Waals surface area contributed by atoms with Gasteiger partial charge in [0.2, 0.25) is 0 Å². The maximum Gasteiger partial charge on any atom is 0.128 e. The molecule has 0 aliphatic rings. The molecule has 0 saturated heterocycles. The van der Waals surface area contributed by atoms with Crippen LogP contribution in [0, 0.1) is 6.92 Å². The predicted molar refractivity (Wildman–Crippen MR) is 83.2 cm³/mol. The number of hydrazone groups is 1. The Kier molecular flexibility index (Phi) is 4.77. The van der Waals surface area contributed by atoms with E-state index in [2.05, 4.69) is 24.2 Å². The normalized spacial score (nSPS) is 10.8. The molecule has 0 bridgehead atoms. The van der Waals surface area contributed by atoms with Crippen molar-refractivity contribution in [2.24, 2.45) is 5.10 Å². The van der Waals surface area contributed by atoms with Crippen LogP contribution in [0.25, 0.3) is 0 Å². The lowest BCUT2D eigenvalue weighted by molar-refractivity contribution is 0.305. The first-order chi connectivity index (χ1) is 9.66. The molecule has 0 saturated carbocycles. The van der Waals surface area contributed by atoms with Crippen molar-refractivity contribution in [1.82, 2.24) is 5.01 Å². The van der Waals surface area contributed by atoms with Crippen molar-refractivity contribution in [2.45, 2.75) is 13.5 Å². The summed E-state index contributed by atoms with van der Waals surface area (Å²) in [5.74, 6) is 0.848. The molecule has 0 unspecified atom stereocenters. The van der Waals surface area contributed by atoms with Gasteiger partial charge in [-0.05, 0) is 30.2 Å². The van der Waals surface area contributed by atoms with Crippen LogP contribution in [0.1, 0.15) is 16.7 Å². The Hall–Kier alpha value is -2.29. The molecule has 104 valence electrons. The van der Waals surface area contributed by atoms with Crippen LogP contribution in [-0.4, -0.2) is 25.3 Å². The lowest BCUT2D eigenvalue weighted by atomic mass is 10.1. The molecule has 0 spiro atoms. The van der Waals surface area contributed by atoms with Crippen molar-refractivity contribution in [3.63, 3.8) is 0 Å². The zero-order valence-corrected chi connectivity index (χ0v) is 12.2. The zero-order valence-electron chi connectivity index (χ0n) is 12.2. The number of hydrogen-bond donors (Lipinski definition) is 0. The van der Waals surface area contributed by atoms with Crippen molar-refractivity contribution in [3.05, 3.63) is 65.2 Å². The molecule has 0 N–H and O–H groups in total. The third-order valence-electron chi connectivity index (χ3n) is 2.99. The Morgan fingerprint density at radius 1 is 1.05 bits per heavy atom. The highest BCUT2D eigenvalue weighted by Gasteiger charge is 2.03. The van der Waals surface area contributed by atoms with E-state index in [0.29, 0.717) is 6.61 Å². The van der Waals surface area contributed by atoms with Crippen molar-refractivity contribution < 1.29 is 4.74 Å². The molecule has 3 nitrogen and oxygen atoms in total. The lowest BCUT2D eigenvalue weighted by Gasteiger charge is -2.11. The van der Waals surface area contributed by atoms with E-state index in [1.54, 1.807) is 5.01 Å². The summed E-state index contributed by atoms with van der Waals surface area (Å²) in [4.78, 5) is 0. The van der Waals surface area contributed by atoms with Crippen molar-refractivity contribution >= 4 is 6.21 Å². The van der Waals surface area contributed by atoms with Gasteiger partial charge in [-0.3, -0.25) is 0 Å². The van der Waals surface area contributed by atoms with E-state index in [1.807, 2.05) is 56.7 Å². The van der Waals surface area contributed by atoms with Gasteiger partial charge in [-0.25, -0.2) is 0 Å². The minimum atomic E-state index is 0.569. The minimum absolute atomic E-state index is 0.569. The standard InChI is InChI=1S/C17H20N2O/c1-14-8-4-5-10-16(14)13-20-17-11-7-6-9-15(17)12-18-19(2)3/h4-12H,13H2,1-3H3/b18-12+. The first kappa shape index (κ1) is 14.1. The molecule has 0 radical (unpaired) electrons. The average molecular weight is 268 g/mol. The highest BCUT2D eigenvalue weighted by Crippen LogP contribution is 2.18. The first-order valence-electron chi connectivity index (χ1n) is 6.64. The molecular formula is C17H20N2O. The highest BCUT2D eigenvalue weighted by molar-refractivity contribution is 5.83. The van der Waals surface area contributed by atoms with Gasteiger partial charge in [0.1, 0.15) is 12.4 Å². The fourth-order valence-electron chi connectivity index (χ4n) is 1.82. The Balaban J connectivity index is 2.12. The van der Waals surface area contributed by atoms with Crippen LogP contribution in [0.15, 0.2) is 53.6 Å². The van der Waals surface area contributed by atoms with Crippen LogP contribution in [0.5, 0.6) is 5.75 Å². The monoisotopic (exact) mass is 268 g/mol. The van der Waals surface area contributed by atoms with E-state index >= 15 is 0 Å². The van der Waals surface area contributed by atoms with E-state index < -0.39 is 0 Å². The van der Waals surface area contributed by atoms with Gasteiger partial charge >= 0.3 is 0 Å². The Bertz CT molecular complexity index is 591. The molecule has 2 aromatic rings. The Morgan fingerprint density at radius 3 is 2.50 bits per heavy atom. The van der Waals surface area contributed by atoms with E-state index in [9.17, 15) is 0 Å². The summed E-state index contributed by atoms with van der Waals surface area (Å²) in [5.41, 5.74) is 3.42. The molecule has 3 heteroatoms. The molecule has 0 amide bonds. The van der Waals surface area contributed by atoms with Crippen LogP contribution >= 0.6 is 0 Å². The lowest BCUT2D eigenvalue weighted by Crippen LogP contribution is -2.03. The van der Waals surface area contributed by atoms with Crippen molar-refractivity contribution in [1.29, 1.82) is 0 Å². The van der Waals surface area contributed by atoms with Crippen molar-refractivity contribution in [2.75, 3.05) is 14.1 Å². The summed E-state index contributed by atoms with van der Waals surface area (Å²) in [5, 5.41) is 6.02. The van der Waals surface area contributed by atoms with Crippen LogP contribution in [0.2, 0.25) is 0 Å². The van der Waals surface area contributed by atoms with Crippen LogP contribution in [0.3, 0.4) is 0 Å². The fourth-order valence-corrected chi connectivity index (χ4v) is 1.82. The topological polar surface area (TPSA) is 24.8 Å². The van der Waals surface area contributed by atoms with E-state index in [0.717, 1.165) is 11.3 Å². The smallest absolute Gasteiger partial charge is 0.128 e. The maximum atomic E-state index is 5.93. The Morgan fingerprint density at radius 2 is 1.75 bits per heavy atom. The van der Waals surface area contributed by atoms with Gasteiger partial charge in [-0.15, -0.1) is 0 Å². The average Bonchev–Trinajstić information content (AvgIpc) is 2.45. The van der Waals surface area contributed by atoms with E-state index in [1.165, 1.54) is 11.1 Å². The third kappa shape index (κ3) is 3.85. The first-order valence-corrected chi connectivity index (χ1v) is 6.64. The molecule has 2 rings (SSSR count). The van der Waals surface area contributed by atoms with E-state index in [-0.39, 0.29) is 0 Å². The van der Waals surface area contributed by atoms with Crippen molar-refractivity contribution in [3.8, 4) is 5.75 Å². The van der Waals surface area contributed by atoms with Crippen LogP contribution in [-0.2, 0) is 6.61 Å². The fraction of sp³-hybridized carbons (Fsp3) is 0.235. The van der Waals surface area contributed by atoms with Crippen LogP contribution in [0.4, 0.5) is 0 Å². The number of aryl methyl sites for hydroxylation is 1. The predicted octanol–water partition coefficient (Wildman–Crippen LogP) is 3.47. The number of nitrogens with zero attached hydrogens (tertiary/aromatic N) is 2. The zero-order chi connectivity index (χ0) is 14.4. The van der Waals surface area contributed by atoms with E-state index in [4.69, 9.17) is 4.74 Å². The van der Waals surface area contributed by atoms with Gasteiger partial charge < -0.3 is 9.75 Å². The minimum Gasteiger partial charge on any atom is -0.488 e. The maximum absolute atomic E-state index is 5.93. The quantitative estimate of drug-likeness (QED) is 0.612. The molecule has 0 aliphatic heterocycles. The third-order valence-corrected chi connectivity index (χ3v) is 2.99. The number of hydrogen-bond acceptors (Lipinski definition) is 3. The number of benzene rings is 2. The Labute approximate surface area is 120 Å². The summed E-state index contributed by atoms with van der Waals surface area (Å²) < 4.78 is 5.93. The summed E-state index contributed by atoms with van der Waals surface area (Å²) >= 11 is 0. The molecule has 20 heavy (non-hydrogen) atoms. The molecule has 0 aliphatic carbocycles. The summed E-state index contributed by atoms with van der Waals surface area (Å²) in [7, 11) is 3.79. The molecule has 2 aromatic carbocycles. The number of ether oxygens (including phenoxy) is 1. The van der Waals surface area contributed by atoms with Gasteiger partial charge in [0.25, 0.3) is 0 Å². The highest BCUT2D eigenvalue weighted by atomic mass is 16.5. The van der Waals surface area contributed by atoms with Gasteiger partial charge in [-0.2, -0.15) is 5.10 Å². The summed E-state index contributed by atoms with van der Waals surface area (Å²) in [6.45, 7) is 2.66. The molecule has 0 fully saturated rings. The summed E-state index contributed by atoms with van der Waals surface area (Å²) in [6.07, 6.45) is 1.81. The summed E-state index contributed by atoms with van der Waals surface area (Å²) in [6, 6.07) is 16.2. The second-order valence-corrected chi connectivity index (χ2v) is 4.84. The van der Waals surface area contributed by atoms with Gasteiger partial charge in [0.15, 0.2) is 0 Å². The largest absolute Gasteiger partial charge is 0.488 e. The van der Waals surface area contributed by atoms with Crippen LogP contribution < -0.4 is 4.74 Å². The number of rotatable bonds is 5. The second-order valence-electron chi connectivity index (χ2n) is 4.84. The molecular weight excluding hydrogens is 248 g/mol. The van der Waals surface area contributed by atoms with Gasteiger partial charge in [0, 0.05) is 19.7 Å². The molecule has 0 heterocycles. The second kappa shape index (κ2) is 6.75. The van der Waals surface area contributed by atoms with Gasteiger partial charge in [0.05, 0.1) is 6.21 Å². The SMILES string of the molecule is Cc1ccccc1COc1ccccc1/C=N/N(C)C. The molecule has 0 aromatic heterocycles.